The second-order valence-electron chi connectivity index (χ2n) is 35.1. The molecule has 0 saturated carbocycles. The van der Waals surface area contributed by atoms with Gasteiger partial charge in [-0.2, -0.15) is 0 Å². The number of hydrogen-bond acceptors (Lipinski definition) is 12. The average molecular weight is 1530 g/mol. The number of rotatable bonds is 51. The summed E-state index contributed by atoms with van der Waals surface area (Å²) in [4.78, 5) is 87.9. The van der Waals surface area contributed by atoms with Crippen LogP contribution >= 0.6 is 0 Å². The third kappa shape index (κ3) is 43.5. The first-order chi connectivity index (χ1) is 48.1. The molecule has 12 heteroatoms. The number of hydrogen-bond donors (Lipinski definition) is 0. The Hall–Kier alpha value is -3.78. The second-order valence-corrected chi connectivity index (χ2v) is 35.1. The van der Waals surface area contributed by atoms with Crippen LogP contribution in [0.2, 0.25) is 0 Å². The number of carbonyl (C=O) groups excluding carboxylic acids is 6. The van der Waals surface area contributed by atoms with Crippen LogP contribution < -0.4 is 0 Å². The quantitative estimate of drug-likeness (QED) is 0.0426. The van der Waals surface area contributed by atoms with Crippen LogP contribution in [-0.2, 0) is 28.8 Å². The van der Waals surface area contributed by atoms with Gasteiger partial charge in [-0.1, -0.05) is 180 Å². The summed E-state index contributed by atoms with van der Waals surface area (Å²) in [6.45, 7) is 84.5. The fourth-order valence-corrected chi connectivity index (χ4v) is 14.0. The van der Waals surface area contributed by atoms with E-state index < -0.39 is 5.54 Å². The van der Waals surface area contributed by atoms with Gasteiger partial charge in [-0.3, -0.25) is 58.2 Å². The highest BCUT2D eigenvalue weighted by Gasteiger charge is 2.44. The third-order valence-corrected chi connectivity index (χ3v) is 22.8. The zero-order valence-electron chi connectivity index (χ0n) is 76.6. The van der Waals surface area contributed by atoms with Gasteiger partial charge in [-0.15, -0.1) is 39.5 Å². The molecular weight excluding hydrogens is 1330 g/mol. The number of allylic oxidation sites excluding steroid dienone is 5. The van der Waals surface area contributed by atoms with Crippen LogP contribution in [0.15, 0.2) is 75.9 Å². The standard InChI is InChI=1S/C18H35NO.C17H33NO.C16H31NO.C15H29NO.C14H27NO.C13H25NO.3CH4/c1-8-9-10-11-12-13-14-18(6,17(20)15(2)3)19(7)16(4)5;1-8-9-10-11-12-13-17(6,16(19)14(2)3)18(7)15(4)5;1-8-9-10-11-12-16(6,15(18)13(2)3)17(7)14(4)5;1-8-9-10-11-15(6,14(17)12(2)3)16(7)13(4)5;1-8-9-10-14(6,13(16)11(2)3)15(7)12(4)5;1-8-9-13(6,12(15)10(2)3)14(7)11(4)5;;;/h8,15-16H,1,9-14H2,2-7H3;8,14-15H,1,9-13H2,2-7H3;8,13-14H,1,9-12H2,2-7H3;8,12-13H,1,9-11H2,2-7H3;8,11-12H,1,9-10H2,2-7H3;8,10-11H,1,9H2,2-7H3;3*1H4. The van der Waals surface area contributed by atoms with Crippen LogP contribution in [0.3, 0.4) is 0 Å². The zero-order valence-corrected chi connectivity index (χ0v) is 76.6. The van der Waals surface area contributed by atoms with Crippen molar-refractivity contribution in [2.24, 2.45) is 35.5 Å². The minimum Gasteiger partial charge on any atom is -0.297 e. The monoisotopic (exact) mass is 1530 g/mol. The molecule has 108 heavy (non-hydrogen) atoms. The molecule has 0 aromatic rings. The van der Waals surface area contributed by atoms with E-state index in [4.69, 9.17) is 0 Å². The molecule has 0 rings (SSSR count). The van der Waals surface area contributed by atoms with E-state index in [0.29, 0.717) is 77.4 Å². The Bertz CT molecular complexity index is 2440. The van der Waals surface area contributed by atoms with Crippen molar-refractivity contribution in [3.05, 3.63) is 75.9 Å². The van der Waals surface area contributed by atoms with Crippen molar-refractivity contribution in [3.63, 3.8) is 0 Å². The van der Waals surface area contributed by atoms with Crippen LogP contribution in [-0.4, -0.2) is 176 Å². The van der Waals surface area contributed by atoms with Gasteiger partial charge < -0.3 is 0 Å². The predicted octanol–water partition coefficient (Wildman–Crippen LogP) is 25.1. The summed E-state index contributed by atoms with van der Waals surface area (Å²) in [6, 6.07) is 2.28. The number of nitrogens with zero attached hydrogens (tertiary/aromatic N) is 6. The summed E-state index contributed by atoms with van der Waals surface area (Å²) in [5.74, 6) is 2.58. The molecule has 0 saturated heterocycles. The highest BCUT2D eigenvalue weighted by Crippen LogP contribution is 2.33. The number of unbranched alkanes of at least 4 members (excludes halogenated alkanes) is 10. The lowest BCUT2D eigenvalue weighted by molar-refractivity contribution is -0.135. The Kier molecular flexibility index (Phi) is 71.0. The topological polar surface area (TPSA) is 122 Å². The summed E-state index contributed by atoms with van der Waals surface area (Å²) in [5, 5.41) is 0. The highest BCUT2D eigenvalue weighted by molar-refractivity contribution is 5.92. The van der Waals surface area contributed by atoms with Gasteiger partial charge in [0.1, 0.15) is 0 Å². The molecule has 0 aromatic carbocycles. The lowest BCUT2D eigenvalue weighted by atomic mass is 9.82. The molecule has 0 aromatic heterocycles. The zero-order chi connectivity index (χ0) is 83.9. The molecule has 0 bridgehead atoms. The summed E-state index contributed by atoms with van der Waals surface area (Å²) in [5.41, 5.74) is -2.09. The van der Waals surface area contributed by atoms with Crippen LogP contribution in [0.4, 0.5) is 0 Å². The molecule has 642 valence electrons. The van der Waals surface area contributed by atoms with E-state index in [-0.39, 0.29) is 85.5 Å². The molecule has 12 nitrogen and oxygen atoms in total. The van der Waals surface area contributed by atoms with Crippen LogP contribution in [0.1, 0.15) is 365 Å². The lowest BCUT2D eigenvalue weighted by Crippen LogP contribution is -2.54. The van der Waals surface area contributed by atoms with Gasteiger partial charge in [0.2, 0.25) is 0 Å². The number of Topliss-reactive ketones (excluding diaryl/α,β-unsaturated/α-hetero) is 6. The smallest absolute Gasteiger partial charge is 0.155 e. The molecule has 0 aliphatic heterocycles. The first-order valence-corrected chi connectivity index (χ1v) is 41.4. The normalized spacial score (nSPS) is 14.8. The summed E-state index contributed by atoms with van der Waals surface area (Å²) < 4.78 is 0. The molecule has 0 radical (unpaired) electrons. The minimum atomic E-state index is -0.413. The van der Waals surface area contributed by atoms with Crippen molar-refractivity contribution in [3.8, 4) is 0 Å². The van der Waals surface area contributed by atoms with Gasteiger partial charge >= 0.3 is 0 Å². The fourth-order valence-electron chi connectivity index (χ4n) is 14.0. The Morgan fingerprint density at radius 2 is 0.389 bits per heavy atom. The van der Waals surface area contributed by atoms with Crippen molar-refractivity contribution >= 4 is 34.7 Å². The molecule has 0 heterocycles. The van der Waals surface area contributed by atoms with Gasteiger partial charge in [-0.25, -0.2) is 0 Å². The maximum Gasteiger partial charge on any atom is 0.155 e. The van der Waals surface area contributed by atoms with E-state index in [1.54, 1.807) is 0 Å². The molecule has 0 N–H and O–H groups in total. The van der Waals surface area contributed by atoms with Gasteiger partial charge in [-0.05, 0) is 263 Å². The summed E-state index contributed by atoms with van der Waals surface area (Å²) >= 11 is 0. The van der Waals surface area contributed by atoms with Crippen molar-refractivity contribution in [1.82, 2.24) is 29.4 Å². The van der Waals surface area contributed by atoms with Gasteiger partial charge in [0.05, 0.1) is 33.2 Å². The van der Waals surface area contributed by atoms with Crippen LogP contribution in [0.25, 0.3) is 0 Å². The van der Waals surface area contributed by atoms with Gasteiger partial charge in [0.25, 0.3) is 0 Å². The Balaban J connectivity index is -0.000000155. The van der Waals surface area contributed by atoms with Crippen LogP contribution in [0, 0.1) is 35.5 Å². The maximum atomic E-state index is 12.6. The van der Waals surface area contributed by atoms with E-state index in [0.717, 1.165) is 96.3 Å². The maximum absolute atomic E-state index is 12.6. The number of likely N-dealkylation sites (N-methyl/N-ethyl adjacent to an activating group) is 6. The van der Waals surface area contributed by atoms with E-state index in [1.807, 2.05) is 141 Å². The molecular formula is C96H192N6O6. The van der Waals surface area contributed by atoms with E-state index in [2.05, 4.69) is 215 Å². The molecule has 0 spiro atoms. The first-order valence-electron chi connectivity index (χ1n) is 41.4. The Labute approximate surface area is 677 Å². The van der Waals surface area contributed by atoms with Crippen molar-refractivity contribution in [1.29, 1.82) is 0 Å². The molecule has 6 unspecified atom stereocenters. The highest BCUT2D eigenvalue weighted by atomic mass is 16.2. The number of ketones is 6. The second kappa shape index (κ2) is 62.6. The lowest BCUT2D eigenvalue weighted by Gasteiger charge is -2.41. The van der Waals surface area contributed by atoms with Crippen LogP contribution in [0.5, 0.6) is 0 Å². The molecule has 0 fully saturated rings. The Morgan fingerprint density at radius 3 is 0.593 bits per heavy atom. The largest absolute Gasteiger partial charge is 0.297 e. The Morgan fingerprint density at radius 1 is 0.231 bits per heavy atom. The molecule has 0 amide bonds. The van der Waals surface area contributed by atoms with Gasteiger partial charge in [0, 0.05) is 71.8 Å². The average Bonchev–Trinajstić information content (AvgIpc) is 1.73. The van der Waals surface area contributed by atoms with Gasteiger partial charge in [0.15, 0.2) is 34.7 Å². The summed E-state index contributed by atoms with van der Waals surface area (Å²) in [7, 11) is 12.3. The SMILES string of the molecule is C.C.C.C=CCC(C)(C(=O)C(C)C)N(C)C(C)C.C=CCCC(C)(C(=O)C(C)C)N(C)C(C)C.C=CCCCC(C)(C(=O)C(C)C)N(C)C(C)C.C=CCCCCC(C)(C(=O)C(C)C)N(C)C(C)C.C=CCCCCCC(C)(C(=O)C(C)C)N(C)C(C)C.C=CCCCCCCC(C)(C(=O)C(C)C)N(C)C(C)C. The fraction of sp³-hybridized carbons (Fsp3) is 0.812. The first kappa shape index (κ1) is 122. The van der Waals surface area contributed by atoms with E-state index in [1.165, 1.54) is 32.1 Å². The van der Waals surface area contributed by atoms with Crippen molar-refractivity contribution < 1.29 is 28.8 Å². The van der Waals surface area contributed by atoms with E-state index >= 15 is 0 Å². The minimum absolute atomic E-state index is 0. The molecule has 0 aliphatic carbocycles. The van der Waals surface area contributed by atoms with Crippen molar-refractivity contribution in [2.45, 2.75) is 434 Å². The molecule has 6 atom stereocenters. The predicted molar refractivity (Wildman–Crippen MR) is 485 cm³/mol. The molecule has 0 aliphatic rings. The summed E-state index contributed by atoms with van der Waals surface area (Å²) in [6.07, 6.45) is 33.5. The van der Waals surface area contributed by atoms with E-state index in [9.17, 15) is 28.8 Å². The van der Waals surface area contributed by atoms with Crippen molar-refractivity contribution in [2.75, 3.05) is 42.3 Å². The number of carbonyl (C=O) groups is 6. The third-order valence-electron chi connectivity index (χ3n) is 22.8.